The van der Waals surface area contributed by atoms with Gasteiger partial charge in [0.25, 0.3) is 5.69 Å². The lowest BCUT2D eigenvalue weighted by molar-refractivity contribution is -0.384. The van der Waals surface area contributed by atoms with Crippen molar-refractivity contribution < 1.29 is 10.0 Å². The Bertz CT molecular complexity index is 680. The first-order valence-corrected chi connectivity index (χ1v) is 6.07. The molecule has 0 saturated heterocycles. The number of nitrogens with zero attached hydrogens (tertiary/aromatic N) is 2. The van der Waals surface area contributed by atoms with Crippen LogP contribution in [0, 0.1) is 21.4 Å². The van der Waals surface area contributed by atoms with Crippen LogP contribution in [0.4, 0.5) is 5.69 Å². The maximum atomic E-state index is 10.6. The zero-order valence-electron chi connectivity index (χ0n) is 9.61. The molecule has 0 fully saturated rings. The summed E-state index contributed by atoms with van der Waals surface area (Å²) in [7, 11) is 0. The maximum absolute atomic E-state index is 10.6. The van der Waals surface area contributed by atoms with Gasteiger partial charge in [-0.1, -0.05) is 17.8 Å². The fourth-order valence-corrected chi connectivity index (χ4v) is 2.41. The van der Waals surface area contributed by atoms with E-state index in [1.807, 2.05) is 6.07 Å². The van der Waals surface area contributed by atoms with Gasteiger partial charge in [0.15, 0.2) is 0 Å². The summed E-state index contributed by atoms with van der Waals surface area (Å²) in [5.74, 6) is 0.130. The molecule has 0 aliphatic rings. The van der Waals surface area contributed by atoms with Crippen LogP contribution in [-0.2, 0) is 0 Å². The van der Waals surface area contributed by atoms with E-state index in [-0.39, 0.29) is 17.0 Å². The first kappa shape index (κ1) is 12.9. The zero-order chi connectivity index (χ0) is 13.8. The molecule has 2 rings (SSSR count). The third-order valence-corrected chi connectivity index (χ3v) is 3.41. The van der Waals surface area contributed by atoms with E-state index in [4.69, 9.17) is 5.26 Å². The summed E-state index contributed by atoms with van der Waals surface area (Å²) in [5, 5.41) is 29.0. The van der Waals surface area contributed by atoms with Crippen LogP contribution in [0.2, 0.25) is 0 Å². The summed E-state index contributed by atoms with van der Waals surface area (Å²) in [4.78, 5) is 11.5. The molecule has 2 aromatic carbocycles. The molecule has 5 nitrogen and oxygen atoms in total. The second-order valence-electron chi connectivity index (χ2n) is 3.65. The van der Waals surface area contributed by atoms with E-state index >= 15 is 0 Å². The molecule has 0 amide bonds. The average Bonchev–Trinajstić information content (AvgIpc) is 2.39. The summed E-state index contributed by atoms with van der Waals surface area (Å²) in [6.07, 6.45) is 0. The van der Waals surface area contributed by atoms with Gasteiger partial charge >= 0.3 is 0 Å². The molecule has 0 aromatic heterocycles. The number of nitro groups is 1. The molecular formula is C13H8N2O3S. The molecule has 19 heavy (non-hydrogen) atoms. The summed E-state index contributed by atoms with van der Waals surface area (Å²) in [6.45, 7) is 0. The largest absolute Gasteiger partial charge is 0.508 e. The van der Waals surface area contributed by atoms with Crippen molar-refractivity contribution in [2.75, 3.05) is 0 Å². The number of phenolic OH excluding ortho intramolecular Hbond substituents is 1. The first-order valence-electron chi connectivity index (χ1n) is 5.25. The number of benzene rings is 2. The number of nitriles is 1. The fourth-order valence-electron chi connectivity index (χ4n) is 1.48. The zero-order valence-corrected chi connectivity index (χ0v) is 10.4. The third kappa shape index (κ3) is 3.03. The molecule has 0 unspecified atom stereocenters. The van der Waals surface area contributed by atoms with Crippen molar-refractivity contribution >= 4 is 17.4 Å². The molecule has 0 aliphatic heterocycles. The highest BCUT2D eigenvalue weighted by molar-refractivity contribution is 7.99. The van der Waals surface area contributed by atoms with Gasteiger partial charge in [0.1, 0.15) is 11.8 Å². The van der Waals surface area contributed by atoms with Gasteiger partial charge in [0, 0.05) is 21.9 Å². The van der Waals surface area contributed by atoms with Crippen LogP contribution in [0.1, 0.15) is 5.56 Å². The Labute approximate surface area is 113 Å². The van der Waals surface area contributed by atoms with Gasteiger partial charge in [0.05, 0.1) is 10.5 Å². The molecule has 0 bridgehead atoms. The van der Waals surface area contributed by atoms with Gasteiger partial charge in [-0.3, -0.25) is 10.1 Å². The highest BCUT2D eigenvalue weighted by Gasteiger charge is 2.11. The summed E-state index contributed by atoms with van der Waals surface area (Å²) < 4.78 is 0. The predicted molar refractivity (Wildman–Crippen MR) is 70.0 cm³/mol. The number of hydrogen-bond donors (Lipinski definition) is 1. The van der Waals surface area contributed by atoms with Gasteiger partial charge in [0.2, 0.25) is 0 Å². The molecule has 2 aromatic rings. The Morgan fingerprint density at radius 3 is 2.68 bits per heavy atom. The highest BCUT2D eigenvalue weighted by atomic mass is 32.2. The van der Waals surface area contributed by atoms with E-state index < -0.39 is 4.92 Å². The number of rotatable bonds is 3. The maximum Gasteiger partial charge on any atom is 0.270 e. The lowest BCUT2D eigenvalue weighted by Crippen LogP contribution is -1.90. The monoisotopic (exact) mass is 272 g/mol. The molecule has 0 atom stereocenters. The van der Waals surface area contributed by atoms with Crippen molar-refractivity contribution in [3.8, 4) is 11.8 Å². The Kier molecular flexibility index (Phi) is 3.68. The summed E-state index contributed by atoms with van der Waals surface area (Å²) in [5.41, 5.74) is 0.124. The van der Waals surface area contributed by atoms with E-state index in [0.717, 1.165) is 4.90 Å². The van der Waals surface area contributed by atoms with Crippen LogP contribution in [0.3, 0.4) is 0 Å². The minimum Gasteiger partial charge on any atom is -0.508 e. The van der Waals surface area contributed by atoms with E-state index in [9.17, 15) is 15.2 Å². The van der Waals surface area contributed by atoms with Gasteiger partial charge in [-0.25, -0.2) is 0 Å². The standard InChI is InChI=1S/C13H8N2O3S/c14-8-9-6-10(15(17)18)4-5-13(9)19-12-3-1-2-11(16)7-12/h1-7,16H. The van der Waals surface area contributed by atoms with Crippen molar-refractivity contribution in [2.45, 2.75) is 9.79 Å². The molecule has 0 saturated carbocycles. The first-order chi connectivity index (χ1) is 9.10. The van der Waals surface area contributed by atoms with Crippen molar-refractivity contribution in [3.05, 3.63) is 58.1 Å². The number of phenols is 1. The fraction of sp³-hybridized carbons (Fsp3) is 0. The number of hydrogen-bond acceptors (Lipinski definition) is 5. The average molecular weight is 272 g/mol. The van der Waals surface area contributed by atoms with Crippen LogP contribution in [0.25, 0.3) is 0 Å². The lowest BCUT2D eigenvalue weighted by atomic mass is 10.2. The normalized spacial score (nSPS) is 9.84. The SMILES string of the molecule is N#Cc1cc([N+](=O)[O-])ccc1Sc1cccc(O)c1. The van der Waals surface area contributed by atoms with Gasteiger partial charge < -0.3 is 5.11 Å². The predicted octanol–water partition coefficient (Wildman–Crippen LogP) is 3.32. The van der Waals surface area contributed by atoms with Crippen molar-refractivity contribution in [1.29, 1.82) is 5.26 Å². The van der Waals surface area contributed by atoms with Crippen molar-refractivity contribution in [2.24, 2.45) is 0 Å². The summed E-state index contributed by atoms with van der Waals surface area (Å²) >= 11 is 1.27. The molecular weight excluding hydrogens is 264 g/mol. The van der Waals surface area contributed by atoms with E-state index in [0.29, 0.717) is 4.90 Å². The van der Waals surface area contributed by atoms with Crippen LogP contribution < -0.4 is 0 Å². The Hall–Kier alpha value is -2.52. The molecule has 0 spiro atoms. The minimum absolute atomic E-state index is 0.114. The third-order valence-electron chi connectivity index (χ3n) is 2.34. The number of aromatic hydroxyl groups is 1. The van der Waals surface area contributed by atoms with Crippen LogP contribution in [0.15, 0.2) is 52.3 Å². The number of nitro benzene ring substituents is 1. The van der Waals surface area contributed by atoms with E-state index in [1.165, 1.54) is 30.0 Å². The second kappa shape index (κ2) is 5.42. The van der Waals surface area contributed by atoms with Crippen molar-refractivity contribution in [3.63, 3.8) is 0 Å². The van der Waals surface area contributed by atoms with Crippen molar-refractivity contribution in [1.82, 2.24) is 0 Å². The Balaban J connectivity index is 2.36. The van der Waals surface area contributed by atoms with Crippen LogP contribution in [-0.4, -0.2) is 10.0 Å². The Morgan fingerprint density at radius 2 is 2.05 bits per heavy atom. The molecule has 0 heterocycles. The minimum atomic E-state index is -0.538. The quantitative estimate of drug-likeness (QED) is 0.684. The van der Waals surface area contributed by atoms with E-state index in [2.05, 4.69) is 0 Å². The van der Waals surface area contributed by atoms with Crippen LogP contribution >= 0.6 is 11.8 Å². The second-order valence-corrected chi connectivity index (χ2v) is 4.76. The molecule has 0 aliphatic carbocycles. The van der Waals surface area contributed by atoms with Gasteiger partial charge in [-0.05, 0) is 24.3 Å². The molecule has 94 valence electrons. The van der Waals surface area contributed by atoms with Gasteiger partial charge in [-0.2, -0.15) is 5.26 Å². The smallest absolute Gasteiger partial charge is 0.270 e. The van der Waals surface area contributed by atoms with E-state index in [1.54, 1.807) is 24.3 Å². The molecule has 1 N–H and O–H groups in total. The Morgan fingerprint density at radius 1 is 1.26 bits per heavy atom. The summed E-state index contributed by atoms with van der Waals surface area (Å²) in [6, 6.07) is 12.6. The lowest BCUT2D eigenvalue weighted by Gasteiger charge is -2.04. The number of non-ortho nitro benzene ring substituents is 1. The molecule has 6 heteroatoms. The molecule has 0 radical (unpaired) electrons. The highest BCUT2D eigenvalue weighted by Crippen LogP contribution is 2.33. The topological polar surface area (TPSA) is 87.2 Å². The van der Waals surface area contributed by atoms with Crippen LogP contribution in [0.5, 0.6) is 5.75 Å². The van der Waals surface area contributed by atoms with Gasteiger partial charge in [-0.15, -0.1) is 0 Å².